The Hall–Kier alpha value is -2.96. The summed E-state index contributed by atoms with van der Waals surface area (Å²) in [4.78, 5) is 29.6. The van der Waals surface area contributed by atoms with Gasteiger partial charge in [-0.2, -0.15) is 0 Å². The van der Waals surface area contributed by atoms with Crippen molar-refractivity contribution in [1.29, 1.82) is 0 Å². The van der Waals surface area contributed by atoms with Gasteiger partial charge in [0, 0.05) is 23.0 Å². The van der Waals surface area contributed by atoms with Gasteiger partial charge in [0.15, 0.2) is 5.82 Å². The van der Waals surface area contributed by atoms with Crippen LogP contribution in [0.2, 0.25) is 0 Å². The molecule has 4 rings (SSSR count). The van der Waals surface area contributed by atoms with Crippen LogP contribution in [0.5, 0.6) is 0 Å². The Bertz CT molecular complexity index is 954. The summed E-state index contributed by atoms with van der Waals surface area (Å²) in [6, 6.07) is 8.19. The van der Waals surface area contributed by atoms with E-state index in [1.165, 1.54) is 19.0 Å². The second-order valence-electron chi connectivity index (χ2n) is 8.71. The Balaban J connectivity index is 1.45. The van der Waals surface area contributed by atoms with Crippen molar-refractivity contribution in [3.63, 3.8) is 0 Å². The van der Waals surface area contributed by atoms with Crippen molar-refractivity contribution < 1.29 is 14.0 Å². The average molecular weight is 425 g/mol. The Kier molecular flexibility index (Phi) is 6.49. The van der Waals surface area contributed by atoms with Gasteiger partial charge in [-0.1, -0.05) is 31.7 Å². The third-order valence-electron chi connectivity index (χ3n) is 5.99. The number of amides is 2. The molecular formula is C24H29FN4O2. The summed E-state index contributed by atoms with van der Waals surface area (Å²) in [7, 11) is 0. The number of nitrogens with one attached hydrogen (secondary N) is 3. The van der Waals surface area contributed by atoms with Crippen molar-refractivity contribution in [2.45, 2.75) is 64.0 Å². The zero-order valence-electron chi connectivity index (χ0n) is 17.8. The van der Waals surface area contributed by atoms with E-state index in [1.54, 1.807) is 37.3 Å². The Labute approximate surface area is 182 Å². The number of hydrogen-bond donors (Lipinski definition) is 3. The molecular weight excluding hydrogens is 395 g/mol. The molecule has 2 fully saturated rings. The minimum atomic E-state index is -0.534. The molecule has 0 radical (unpaired) electrons. The average Bonchev–Trinajstić information content (AvgIpc) is 3.42. The summed E-state index contributed by atoms with van der Waals surface area (Å²) in [5, 5.41) is 8.97. The van der Waals surface area contributed by atoms with E-state index in [1.807, 2.05) is 0 Å². The molecule has 164 valence electrons. The molecule has 2 amide bonds. The zero-order chi connectivity index (χ0) is 21.8. The molecule has 7 heteroatoms. The van der Waals surface area contributed by atoms with Gasteiger partial charge >= 0.3 is 0 Å². The number of aromatic nitrogens is 1. The fourth-order valence-corrected chi connectivity index (χ4v) is 4.11. The first-order chi connectivity index (χ1) is 15.0. The minimum Gasteiger partial charge on any atom is -0.353 e. The van der Waals surface area contributed by atoms with E-state index in [2.05, 4.69) is 20.9 Å². The van der Waals surface area contributed by atoms with Gasteiger partial charge in [0.25, 0.3) is 5.91 Å². The van der Waals surface area contributed by atoms with Crippen LogP contribution < -0.4 is 16.0 Å². The topological polar surface area (TPSA) is 83.1 Å². The first-order valence-electron chi connectivity index (χ1n) is 11.1. The van der Waals surface area contributed by atoms with Crippen LogP contribution in [-0.4, -0.2) is 28.9 Å². The maximum absolute atomic E-state index is 14.0. The number of pyridine rings is 1. The van der Waals surface area contributed by atoms with E-state index in [4.69, 9.17) is 0 Å². The molecule has 31 heavy (non-hydrogen) atoms. The SMILES string of the molecule is Cc1cc(Nc2cccc(C(=O)N[C@@H](CC3CCCC3)C(=O)NC3CC3)c2)c(F)cn1. The predicted molar refractivity (Wildman–Crippen MR) is 118 cm³/mol. The number of benzene rings is 1. The largest absolute Gasteiger partial charge is 0.353 e. The highest BCUT2D eigenvalue weighted by Crippen LogP contribution is 2.29. The van der Waals surface area contributed by atoms with Crippen molar-refractivity contribution in [2.75, 3.05) is 5.32 Å². The molecule has 0 bridgehead atoms. The standard InChI is InChI=1S/C24H29FN4O2/c1-15-11-21(20(25)14-26-15)27-19-8-4-7-17(13-19)23(30)29-22(12-16-5-2-3-6-16)24(31)28-18-9-10-18/h4,7-8,11,13-14,16,18,22H,2-3,5-6,9-10,12H2,1H3,(H,26,27)(H,28,31)(H,29,30)/t22-/m0/s1. The summed E-state index contributed by atoms with van der Waals surface area (Å²) in [6.07, 6.45) is 8.45. The number of carbonyl (C=O) groups excluding carboxylic acids is 2. The molecule has 1 atom stereocenters. The highest BCUT2D eigenvalue weighted by molar-refractivity contribution is 5.98. The molecule has 1 heterocycles. The van der Waals surface area contributed by atoms with Gasteiger partial charge in [0.2, 0.25) is 5.91 Å². The van der Waals surface area contributed by atoms with Gasteiger partial charge in [-0.15, -0.1) is 0 Å². The monoisotopic (exact) mass is 424 g/mol. The van der Waals surface area contributed by atoms with Crippen molar-refractivity contribution in [1.82, 2.24) is 15.6 Å². The molecule has 3 N–H and O–H groups in total. The zero-order valence-corrected chi connectivity index (χ0v) is 17.8. The first-order valence-corrected chi connectivity index (χ1v) is 11.1. The second-order valence-corrected chi connectivity index (χ2v) is 8.71. The van der Waals surface area contributed by atoms with Crippen LogP contribution >= 0.6 is 0 Å². The van der Waals surface area contributed by atoms with E-state index >= 15 is 0 Å². The predicted octanol–water partition coefficient (Wildman–Crippen LogP) is 4.23. The molecule has 1 aromatic carbocycles. The summed E-state index contributed by atoms with van der Waals surface area (Å²) in [6.45, 7) is 1.78. The lowest BCUT2D eigenvalue weighted by Crippen LogP contribution is -2.48. The van der Waals surface area contributed by atoms with Gasteiger partial charge in [0.05, 0.1) is 11.9 Å². The van der Waals surface area contributed by atoms with Crippen LogP contribution in [0.15, 0.2) is 36.5 Å². The number of rotatable bonds is 8. The van der Waals surface area contributed by atoms with Crippen LogP contribution in [0.25, 0.3) is 0 Å². The maximum Gasteiger partial charge on any atom is 0.252 e. The van der Waals surface area contributed by atoms with Gasteiger partial charge in [-0.3, -0.25) is 14.6 Å². The number of carbonyl (C=O) groups is 2. The third kappa shape index (κ3) is 5.81. The highest BCUT2D eigenvalue weighted by atomic mass is 19.1. The number of aryl methyl sites for hydroxylation is 1. The molecule has 1 aromatic heterocycles. The lowest BCUT2D eigenvalue weighted by molar-refractivity contribution is -0.123. The molecule has 2 saturated carbocycles. The fraction of sp³-hybridized carbons (Fsp3) is 0.458. The number of halogens is 1. The Morgan fingerprint density at radius 2 is 1.94 bits per heavy atom. The molecule has 0 unspecified atom stereocenters. The molecule has 6 nitrogen and oxygen atoms in total. The number of nitrogens with zero attached hydrogens (tertiary/aromatic N) is 1. The summed E-state index contributed by atoms with van der Waals surface area (Å²) in [5.41, 5.74) is 2.00. The van der Waals surface area contributed by atoms with Crippen LogP contribution in [0.1, 0.15) is 61.0 Å². The van der Waals surface area contributed by atoms with Crippen LogP contribution in [0.4, 0.5) is 15.8 Å². The van der Waals surface area contributed by atoms with Crippen molar-refractivity contribution in [2.24, 2.45) is 5.92 Å². The van der Waals surface area contributed by atoms with Gasteiger partial charge < -0.3 is 16.0 Å². The number of anilines is 2. The first kappa shape index (κ1) is 21.3. The molecule has 0 aliphatic heterocycles. The quantitative estimate of drug-likeness (QED) is 0.592. The summed E-state index contributed by atoms with van der Waals surface area (Å²) >= 11 is 0. The van der Waals surface area contributed by atoms with Gasteiger partial charge in [0.1, 0.15) is 6.04 Å². The summed E-state index contributed by atoms with van der Waals surface area (Å²) < 4.78 is 14.0. The molecule has 0 saturated heterocycles. The fourth-order valence-electron chi connectivity index (χ4n) is 4.11. The van der Waals surface area contributed by atoms with Gasteiger partial charge in [-0.05, 0) is 56.4 Å². The van der Waals surface area contributed by atoms with Crippen molar-refractivity contribution >= 4 is 23.2 Å². The smallest absolute Gasteiger partial charge is 0.252 e. The Morgan fingerprint density at radius 3 is 2.68 bits per heavy atom. The summed E-state index contributed by atoms with van der Waals surface area (Å²) in [5.74, 6) is -0.384. The normalized spacial score (nSPS) is 17.2. The van der Waals surface area contributed by atoms with Crippen molar-refractivity contribution in [3.05, 3.63) is 53.6 Å². The van der Waals surface area contributed by atoms with E-state index in [0.717, 1.165) is 25.7 Å². The Morgan fingerprint density at radius 1 is 1.16 bits per heavy atom. The molecule has 2 aliphatic rings. The maximum atomic E-state index is 14.0. The van der Waals surface area contributed by atoms with Crippen LogP contribution in [-0.2, 0) is 4.79 Å². The van der Waals surface area contributed by atoms with Gasteiger partial charge in [-0.25, -0.2) is 4.39 Å². The van der Waals surface area contributed by atoms with E-state index in [-0.39, 0.29) is 17.9 Å². The molecule has 2 aliphatic carbocycles. The van der Waals surface area contributed by atoms with E-state index < -0.39 is 11.9 Å². The minimum absolute atomic E-state index is 0.0913. The lowest BCUT2D eigenvalue weighted by Gasteiger charge is -2.21. The third-order valence-corrected chi connectivity index (χ3v) is 5.99. The second kappa shape index (κ2) is 9.45. The van der Waals surface area contributed by atoms with E-state index in [0.29, 0.717) is 35.0 Å². The molecule has 2 aromatic rings. The van der Waals surface area contributed by atoms with Crippen molar-refractivity contribution in [3.8, 4) is 0 Å². The van der Waals surface area contributed by atoms with Crippen LogP contribution in [0, 0.1) is 18.7 Å². The highest BCUT2D eigenvalue weighted by Gasteiger charge is 2.31. The molecule has 0 spiro atoms. The lowest BCUT2D eigenvalue weighted by atomic mass is 9.97. The van der Waals surface area contributed by atoms with E-state index in [9.17, 15) is 14.0 Å². The van der Waals surface area contributed by atoms with Crippen LogP contribution in [0.3, 0.4) is 0 Å². The number of hydrogen-bond acceptors (Lipinski definition) is 4.